The molecule has 2 aromatic carbocycles. The van der Waals surface area contributed by atoms with Gasteiger partial charge in [-0.25, -0.2) is 13.4 Å². The molecular weight excluding hydrogens is 494 g/mol. The number of carbonyl (C=O) groups excluding carboxylic acids is 1. The highest BCUT2D eigenvalue weighted by Crippen LogP contribution is 2.26. The summed E-state index contributed by atoms with van der Waals surface area (Å²) in [5.41, 5.74) is 2.60. The Labute approximate surface area is 206 Å². The molecule has 1 N–H and O–H groups in total. The van der Waals surface area contributed by atoms with Crippen LogP contribution in [0.5, 0.6) is 0 Å². The van der Waals surface area contributed by atoms with Crippen LogP contribution in [-0.2, 0) is 21.1 Å². The number of benzene rings is 2. The fraction of sp³-hybridized carbons (Fsp3) is 0.208. The average molecular weight is 516 g/mol. The summed E-state index contributed by atoms with van der Waals surface area (Å²) < 4.78 is 26.8. The topological polar surface area (TPSA) is 98.1 Å². The maximum absolute atomic E-state index is 13.1. The van der Waals surface area contributed by atoms with E-state index in [1.54, 1.807) is 37.3 Å². The number of ketones is 1. The summed E-state index contributed by atoms with van der Waals surface area (Å²) in [5.74, 6) is -0.474. The molecule has 0 bridgehead atoms. The monoisotopic (exact) mass is 515 g/mol. The van der Waals surface area contributed by atoms with Crippen LogP contribution in [-0.4, -0.2) is 36.0 Å². The maximum atomic E-state index is 13.1. The number of nitrogens with zero attached hydrogens (tertiary/aromatic N) is 2. The lowest BCUT2D eigenvalue weighted by molar-refractivity contribution is -0.116. The number of aromatic nitrogens is 2. The fourth-order valence-corrected chi connectivity index (χ4v) is 6.52. The summed E-state index contributed by atoms with van der Waals surface area (Å²) >= 11 is 6.74. The van der Waals surface area contributed by atoms with Gasteiger partial charge in [-0.2, -0.15) is 0 Å². The van der Waals surface area contributed by atoms with E-state index in [1.807, 2.05) is 19.1 Å². The fourth-order valence-electron chi connectivity index (χ4n) is 3.70. The highest BCUT2D eigenvalue weighted by Gasteiger charge is 2.21. The summed E-state index contributed by atoms with van der Waals surface area (Å²) in [5, 5.41) is 3.72. The lowest BCUT2D eigenvalue weighted by Gasteiger charge is -2.12. The highest BCUT2D eigenvalue weighted by atomic mass is 35.5. The van der Waals surface area contributed by atoms with Crippen LogP contribution in [0.1, 0.15) is 18.3 Å². The molecule has 0 radical (unpaired) electrons. The minimum Gasteiger partial charge on any atom is -0.385 e. The van der Waals surface area contributed by atoms with Crippen LogP contribution in [0.2, 0.25) is 4.34 Å². The number of anilines is 1. The third kappa shape index (κ3) is 5.06. The van der Waals surface area contributed by atoms with Crippen LogP contribution in [0.4, 0.5) is 5.69 Å². The van der Waals surface area contributed by atoms with Gasteiger partial charge in [0.1, 0.15) is 15.8 Å². The van der Waals surface area contributed by atoms with Crippen LogP contribution >= 0.6 is 22.9 Å². The van der Waals surface area contributed by atoms with E-state index < -0.39 is 21.4 Å². The van der Waals surface area contributed by atoms with Crippen LogP contribution in [0, 0.1) is 6.92 Å². The van der Waals surface area contributed by atoms with Crippen molar-refractivity contribution in [3.05, 3.63) is 80.7 Å². The molecule has 0 aliphatic carbocycles. The van der Waals surface area contributed by atoms with Crippen molar-refractivity contribution in [1.29, 1.82) is 0 Å². The lowest BCUT2D eigenvalue weighted by atomic mass is 10.1. The molecule has 0 spiro atoms. The first-order valence-corrected chi connectivity index (χ1v) is 13.4. The zero-order valence-corrected chi connectivity index (χ0v) is 20.9. The summed E-state index contributed by atoms with van der Waals surface area (Å²) in [6, 6.07) is 15.2. The van der Waals surface area contributed by atoms with Crippen molar-refractivity contribution in [2.75, 3.05) is 17.6 Å². The summed E-state index contributed by atoms with van der Waals surface area (Å²) in [4.78, 5) is 30.2. The first-order valence-electron chi connectivity index (χ1n) is 10.5. The minimum atomic E-state index is -3.72. The van der Waals surface area contributed by atoms with Gasteiger partial charge in [0.15, 0.2) is 15.6 Å². The van der Waals surface area contributed by atoms with Gasteiger partial charge in [-0.15, -0.1) is 11.3 Å². The van der Waals surface area contributed by atoms with Gasteiger partial charge in [-0.05, 0) is 61.9 Å². The van der Waals surface area contributed by atoms with E-state index in [-0.39, 0.29) is 16.2 Å². The number of aryl methyl sites for hydroxylation is 1. The highest BCUT2D eigenvalue weighted by molar-refractivity contribution is 7.94. The van der Waals surface area contributed by atoms with Gasteiger partial charge in [0.25, 0.3) is 5.56 Å². The Hall–Kier alpha value is -3.01. The smallest absolute Gasteiger partial charge is 0.265 e. The van der Waals surface area contributed by atoms with Crippen LogP contribution in [0.25, 0.3) is 16.6 Å². The second-order valence-electron chi connectivity index (χ2n) is 7.76. The number of Topliss-reactive ketones (excluding diaryl/α,β-unsaturated/α-hetero) is 1. The van der Waals surface area contributed by atoms with Gasteiger partial charge in [-0.1, -0.05) is 23.7 Å². The van der Waals surface area contributed by atoms with E-state index in [0.717, 1.165) is 23.6 Å². The van der Waals surface area contributed by atoms with Crippen molar-refractivity contribution in [3.63, 3.8) is 0 Å². The Morgan fingerprint density at radius 1 is 1.12 bits per heavy atom. The van der Waals surface area contributed by atoms with Gasteiger partial charge >= 0.3 is 0 Å². The molecule has 0 amide bonds. The number of halogens is 1. The molecule has 0 fully saturated rings. The van der Waals surface area contributed by atoms with E-state index in [9.17, 15) is 18.0 Å². The number of sulfone groups is 1. The Morgan fingerprint density at radius 3 is 2.50 bits per heavy atom. The standard InChI is InChI=1S/C24H22ClN3O4S2/c1-3-26-17-6-9-20-21(13-17)27-15(2)28(24(20)30)18-7-4-16(5-8-18)12-19(29)14-34(31,32)23-11-10-22(25)33-23/h4-11,13,26H,3,12,14H2,1-2H3. The van der Waals surface area contributed by atoms with Crippen LogP contribution < -0.4 is 10.9 Å². The number of fused-ring (bicyclic) bond motifs is 1. The zero-order valence-electron chi connectivity index (χ0n) is 18.5. The molecule has 10 heteroatoms. The lowest BCUT2D eigenvalue weighted by Crippen LogP contribution is -2.22. The van der Waals surface area contributed by atoms with E-state index in [1.165, 1.54) is 16.7 Å². The second kappa shape index (κ2) is 9.69. The van der Waals surface area contributed by atoms with Crippen molar-refractivity contribution in [1.82, 2.24) is 9.55 Å². The van der Waals surface area contributed by atoms with Gasteiger partial charge in [0.05, 0.1) is 20.9 Å². The molecule has 4 rings (SSSR count). The average Bonchev–Trinajstić information content (AvgIpc) is 3.22. The van der Waals surface area contributed by atoms with Crippen LogP contribution in [0.3, 0.4) is 0 Å². The number of hydrogen-bond acceptors (Lipinski definition) is 7. The van der Waals surface area contributed by atoms with Crippen molar-refractivity contribution in [2.24, 2.45) is 0 Å². The van der Waals surface area contributed by atoms with E-state index in [4.69, 9.17) is 11.6 Å². The molecule has 2 heterocycles. The molecular formula is C24H22ClN3O4S2. The normalized spacial score (nSPS) is 11.6. The quantitative estimate of drug-likeness (QED) is 0.373. The van der Waals surface area contributed by atoms with Gasteiger partial charge in [0.2, 0.25) is 0 Å². The van der Waals surface area contributed by atoms with Gasteiger partial charge in [-0.3, -0.25) is 14.2 Å². The zero-order chi connectivity index (χ0) is 24.5. The van der Waals surface area contributed by atoms with Crippen molar-refractivity contribution in [3.8, 4) is 5.69 Å². The van der Waals surface area contributed by atoms with E-state index >= 15 is 0 Å². The van der Waals surface area contributed by atoms with Gasteiger partial charge in [0, 0.05) is 18.7 Å². The van der Waals surface area contributed by atoms with E-state index in [0.29, 0.717) is 32.3 Å². The number of nitrogens with one attached hydrogen (secondary N) is 1. The Balaban J connectivity index is 1.55. The molecule has 0 aliphatic heterocycles. The predicted octanol–water partition coefficient (Wildman–Crippen LogP) is 4.43. The molecule has 34 heavy (non-hydrogen) atoms. The van der Waals surface area contributed by atoms with Crippen molar-refractivity contribution >= 4 is 55.1 Å². The molecule has 4 aromatic rings. The van der Waals surface area contributed by atoms with Gasteiger partial charge < -0.3 is 5.32 Å². The minimum absolute atomic E-state index is 0.0321. The predicted molar refractivity (Wildman–Crippen MR) is 136 cm³/mol. The van der Waals surface area contributed by atoms with Crippen LogP contribution in [0.15, 0.2) is 63.6 Å². The van der Waals surface area contributed by atoms with Crippen molar-refractivity contribution < 1.29 is 13.2 Å². The molecule has 0 unspecified atom stereocenters. The number of hydrogen-bond donors (Lipinski definition) is 1. The summed E-state index contributed by atoms with van der Waals surface area (Å²) in [6.07, 6.45) is -0.0321. The summed E-state index contributed by atoms with van der Waals surface area (Å²) in [7, 11) is -3.72. The Bertz CT molecular complexity index is 1540. The third-order valence-corrected chi connectivity index (χ3v) is 8.71. The molecule has 7 nitrogen and oxygen atoms in total. The first-order chi connectivity index (χ1) is 16.2. The number of thiophene rings is 1. The van der Waals surface area contributed by atoms with Crippen molar-refractivity contribution in [2.45, 2.75) is 24.5 Å². The Kier molecular flexibility index (Phi) is 6.88. The molecule has 176 valence electrons. The third-order valence-electron chi connectivity index (χ3n) is 5.22. The molecule has 0 saturated carbocycles. The molecule has 0 atom stereocenters. The molecule has 0 aliphatic rings. The van der Waals surface area contributed by atoms with E-state index in [2.05, 4.69) is 10.3 Å². The first kappa shape index (κ1) is 24.1. The number of carbonyl (C=O) groups is 1. The number of rotatable bonds is 8. The largest absolute Gasteiger partial charge is 0.385 e. The maximum Gasteiger partial charge on any atom is 0.265 e. The second-order valence-corrected chi connectivity index (χ2v) is 11.7. The Morgan fingerprint density at radius 2 is 1.85 bits per heavy atom. The SMILES string of the molecule is CCNc1ccc2c(=O)n(-c3ccc(CC(=O)CS(=O)(=O)c4ccc(Cl)s4)cc3)c(C)nc2c1. The molecule has 2 aromatic heterocycles. The summed E-state index contributed by atoms with van der Waals surface area (Å²) in [6.45, 7) is 4.53. The molecule has 0 saturated heterocycles.